The maximum atomic E-state index is 12.3. The van der Waals surface area contributed by atoms with Gasteiger partial charge in [-0.3, -0.25) is 4.79 Å². The monoisotopic (exact) mass is 356 g/mol. The molecule has 0 bridgehead atoms. The first-order chi connectivity index (χ1) is 12.6. The van der Waals surface area contributed by atoms with Gasteiger partial charge in [0.05, 0.1) is 7.11 Å². The predicted molar refractivity (Wildman–Crippen MR) is 105 cm³/mol. The van der Waals surface area contributed by atoms with Crippen molar-refractivity contribution < 1.29 is 14.3 Å². The van der Waals surface area contributed by atoms with Crippen LogP contribution in [0.25, 0.3) is 0 Å². The lowest BCUT2D eigenvalue weighted by Gasteiger charge is -2.21. The molecule has 1 amide bonds. The topological polar surface area (TPSA) is 50.8 Å². The molecule has 0 radical (unpaired) electrons. The highest BCUT2D eigenvalue weighted by atomic mass is 16.5. The average Bonchev–Trinajstić information content (AvgIpc) is 2.68. The number of benzene rings is 2. The van der Waals surface area contributed by atoms with Gasteiger partial charge < -0.3 is 19.7 Å². The van der Waals surface area contributed by atoms with Crippen LogP contribution in [0, 0.1) is 0 Å². The smallest absolute Gasteiger partial charge is 0.261 e. The third-order valence-electron chi connectivity index (χ3n) is 4.27. The zero-order valence-electron chi connectivity index (χ0n) is 16.0. The number of carbonyl (C=O) groups excluding carboxylic acids is 1. The van der Waals surface area contributed by atoms with E-state index in [4.69, 9.17) is 9.47 Å². The molecule has 0 unspecified atom stereocenters. The Kier molecular flexibility index (Phi) is 7.33. The highest BCUT2D eigenvalue weighted by Gasteiger charge is 2.16. The molecule has 0 aliphatic rings. The fourth-order valence-electron chi connectivity index (χ4n) is 2.71. The summed E-state index contributed by atoms with van der Waals surface area (Å²) in [6.45, 7) is 8.43. The molecule has 1 N–H and O–H groups in total. The van der Waals surface area contributed by atoms with Crippen LogP contribution in [0.1, 0.15) is 26.3 Å². The lowest BCUT2D eigenvalue weighted by atomic mass is 10.2. The molecule has 140 valence electrons. The van der Waals surface area contributed by atoms with Gasteiger partial charge in [-0.25, -0.2) is 0 Å². The molecule has 1 atom stereocenters. The molecule has 0 aliphatic heterocycles. The summed E-state index contributed by atoms with van der Waals surface area (Å²) in [5, 5.41) is 2.91. The summed E-state index contributed by atoms with van der Waals surface area (Å²) in [7, 11) is 1.58. The normalized spacial score (nSPS) is 11.5. The summed E-state index contributed by atoms with van der Waals surface area (Å²) in [5.74, 6) is 1.00. The van der Waals surface area contributed by atoms with Crippen LogP contribution >= 0.6 is 0 Å². The fourth-order valence-corrected chi connectivity index (χ4v) is 2.71. The van der Waals surface area contributed by atoms with E-state index in [9.17, 15) is 4.79 Å². The first-order valence-electron chi connectivity index (χ1n) is 9.00. The average molecular weight is 356 g/mol. The van der Waals surface area contributed by atoms with Crippen molar-refractivity contribution in [1.29, 1.82) is 0 Å². The van der Waals surface area contributed by atoms with E-state index in [1.807, 2.05) is 24.3 Å². The molecule has 0 aliphatic carbocycles. The molecular weight excluding hydrogens is 328 g/mol. The molecule has 0 heterocycles. The van der Waals surface area contributed by atoms with E-state index in [0.717, 1.165) is 18.7 Å². The number of para-hydroxylation sites is 2. The standard InChI is InChI=1S/C21H28N2O3/c1-5-23(6-2)18-13-11-17(12-14-18)15-22-21(24)16(3)26-20-10-8-7-9-19(20)25-4/h7-14,16H,5-6,15H2,1-4H3,(H,22,24)/t16-/m1/s1. The highest BCUT2D eigenvalue weighted by Crippen LogP contribution is 2.26. The van der Waals surface area contributed by atoms with Gasteiger partial charge >= 0.3 is 0 Å². The lowest BCUT2D eigenvalue weighted by Crippen LogP contribution is -2.36. The molecule has 0 fully saturated rings. The second kappa shape index (κ2) is 9.70. The van der Waals surface area contributed by atoms with Crippen molar-refractivity contribution in [2.24, 2.45) is 0 Å². The van der Waals surface area contributed by atoms with Crippen molar-refractivity contribution >= 4 is 11.6 Å². The largest absolute Gasteiger partial charge is 0.493 e. The SMILES string of the molecule is CCN(CC)c1ccc(CNC(=O)[C@@H](C)Oc2ccccc2OC)cc1. The van der Waals surface area contributed by atoms with Crippen molar-refractivity contribution in [3.8, 4) is 11.5 Å². The van der Waals surface area contributed by atoms with Crippen molar-refractivity contribution in [2.75, 3.05) is 25.1 Å². The van der Waals surface area contributed by atoms with E-state index in [1.165, 1.54) is 5.69 Å². The summed E-state index contributed by atoms with van der Waals surface area (Å²) in [5.41, 5.74) is 2.25. The first-order valence-corrected chi connectivity index (χ1v) is 9.00. The third kappa shape index (κ3) is 5.15. The highest BCUT2D eigenvalue weighted by molar-refractivity contribution is 5.80. The third-order valence-corrected chi connectivity index (χ3v) is 4.27. The van der Waals surface area contributed by atoms with Crippen molar-refractivity contribution in [1.82, 2.24) is 5.32 Å². The molecule has 2 aromatic rings. The minimum Gasteiger partial charge on any atom is -0.493 e. The Bertz CT molecular complexity index is 697. The van der Waals surface area contributed by atoms with Crippen molar-refractivity contribution in [3.63, 3.8) is 0 Å². The Morgan fingerprint density at radius 2 is 1.65 bits per heavy atom. The second-order valence-corrected chi connectivity index (χ2v) is 5.97. The van der Waals surface area contributed by atoms with Gasteiger partial charge in [0.2, 0.25) is 0 Å². The van der Waals surface area contributed by atoms with Crippen molar-refractivity contribution in [2.45, 2.75) is 33.4 Å². The predicted octanol–water partition coefficient (Wildman–Crippen LogP) is 3.63. The van der Waals surface area contributed by atoms with Crippen LogP contribution in [-0.4, -0.2) is 32.2 Å². The summed E-state index contributed by atoms with van der Waals surface area (Å²) < 4.78 is 11.0. The Labute approximate surface area is 155 Å². The number of amides is 1. The molecule has 0 spiro atoms. The Hall–Kier alpha value is -2.69. The maximum absolute atomic E-state index is 12.3. The number of hydrogen-bond acceptors (Lipinski definition) is 4. The molecular formula is C21H28N2O3. The number of methoxy groups -OCH3 is 1. The van der Waals surface area contributed by atoms with E-state index in [2.05, 4.69) is 36.2 Å². The van der Waals surface area contributed by atoms with E-state index >= 15 is 0 Å². The quantitative estimate of drug-likeness (QED) is 0.745. The van der Waals surface area contributed by atoms with Gasteiger partial charge in [-0.15, -0.1) is 0 Å². The van der Waals surface area contributed by atoms with Gasteiger partial charge in [0.25, 0.3) is 5.91 Å². The van der Waals surface area contributed by atoms with Crippen LogP contribution in [0.2, 0.25) is 0 Å². The summed E-state index contributed by atoms with van der Waals surface area (Å²) >= 11 is 0. The number of nitrogens with zero attached hydrogens (tertiary/aromatic N) is 1. The van der Waals surface area contributed by atoms with Crippen LogP contribution in [-0.2, 0) is 11.3 Å². The van der Waals surface area contributed by atoms with Crippen LogP contribution in [0.4, 0.5) is 5.69 Å². The Morgan fingerprint density at radius 3 is 2.23 bits per heavy atom. The molecule has 26 heavy (non-hydrogen) atoms. The van der Waals surface area contributed by atoms with Crippen LogP contribution in [0.15, 0.2) is 48.5 Å². The van der Waals surface area contributed by atoms with Crippen LogP contribution in [0.3, 0.4) is 0 Å². The minimum atomic E-state index is -0.610. The Balaban J connectivity index is 1.89. The molecule has 0 saturated heterocycles. The summed E-state index contributed by atoms with van der Waals surface area (Å²) in [6, 6.07) is 15.6. The fraction of sp³-hybridized carbons (Fsp3) is 0.381. The number of anilines is 1. The Morgan fingerprint density at radius 1 is 1.04 bits per heavy atom. The van der Waals surface area contributed by atoms with Gasteiger partial charge in [-0.1, -0.05) is 24.3 Å². The lowest BCUT2D eigenvalue weighted by molar-refractivity contribution is -0.127. The molecule has 2 rings (SSSR count). The second-order valence-electron chi connectivity index (χ2n) is 5.97. The number of carbonyl (C=O) groups is 1. The van der Waals surface area contributed by atoms with Gasteiger partial charge in [0.1, 0.15) is 0 Å². The van der Waals surface area contributed by atoms with Crippen LogP contribution in [0.5, 0.6) is 11.5 Å². The van der Waals surface area contributed by atoms with Gasteiger partial charge in [-0.2, -0.15) is 0 Å². The minimum absolute atomic E-state index is 0.163. The zero-order chi connectivity index (χ0) is 18.9. The number of nitrogens with one attached hydrogen (secondary N) is 1. The zero-order valence-corrected chi connectivity index (χ0v) is 16.0. The van der Waals surface area contributed by atoms with Gasteiger partial charge in [0.15, 0.2) is 17.6 Å². The first kappa shape index (κ1) is 19.6. The number of rotatable bonds is 9. The molecule has 2 aromatic carbocycles. The molecule has 0 aromatic heterocycles. The van der Waals surface area contributed by atoms with E-state index in [0.29, 0.717) is 18.0 Å². The number of ether oxygens (including phenoxy) is 2. The maximum Gasteiger partial charge on any atom is 0.261 e. The summed E-state index contributed by atoms with van der Waals surface area (Å²) in [6.07, 6.45) is -0.610. The number of hydrogen-bond donors (Lipinski definition) is 1. The van der Waals surface area contributed by atoms with Crippen LogP contribution < -0.4 is 19.7 Å². The molecule has 5 heteroatoms. The molecule has 0 saturated carbocycles. The van der Waals surface area contributed by atoms with E-state index < -0.39 is 6.10 Å². The molecule has 5 nitrogen and oxygen atoms in total. The van der Waals surface area contributed by atoms with Crippen molar-refractivity contribution in [3.05, 3.63) is 54.1 Å². The van der Waals surface area contributed by atoms with E-state index in [1.54, 1.807) is 26.2 Å². The van der Waals surface area contributed by atoms with Gasteiger partial charge in [0, 0.05) is 25.3 Å². The van der Waals surface area contributed by atoms with E-state index in [-0.39, 0.29) is 5.91 Å². The summed E-state index contributed by atoms with van der Waals surface area (Å²) in [4.78, 5) is 14.6. The van der Waals surface area contributed by atoms with Gasteiger partial charge in [-0.05, 0) is 50.6 Å².